The number of hydrogen-bond acceptors (Lipinski definition) is 4. The molecule has 0 unspecified atom stereocenters. The van der Waals surface area contributed by atoms with Crippen molar-refractivity contribution in [2.75, 3.05) is 23.9 Å². The summed E-state index contributed by atoms with van der Waals surface area (Å²) < 4.78 is 5.34. The Hall–Kier alpha value is -3.18. The summed E-state index contributed by atoms with van der Waals surface area (Å²) in [4.78, 5) is 19.2. The van der Waals surface area contributed by atoms with Gasteiger partial charge in [0.2, 0.25) is 0 Å². The van der Waals surface area contributed by atoms with Gasteiger partial charge in [-0.2, -0.15) is 0 Å². The molecule has 154 valence electrons. The van der Waals surface area contributed by atoms with Crippen LogP contribution in [0.4, 0.5) is 11.4 Å². The molecule has 0 bridgehead atoms. The summed E-state index contributed by atoms with van der Waals surface area (Å²) >= 11 is 0. The van der Waals surface area contributed by atoms with Crippen LogP contribution in [0.25, 0.3) is 0 Å². The summed E-state index contributed by atoms with van der Waals surface area (Å²) in [5.74, 6) is 0.0340. The van der Waals surface area contributed by atoms with Gasteiger partial charge >= 0.3 is 0 Å². The average molecular weight is 402 g/mol. The second kappa shape index (κ2) is 8.28. The van der Waals surface area contributed by atoms with Crippen LogP contribution in [0.1, 0.15) is 40.9 Å². The van der Waals surface area contributed by atoms with E-state index in [1.807, 2.05) is 47.4 Å². The molecule has 2 heterocycles. The minimum absolute atomic E-state index is 0.0340. The predicted octanol–water partition coefficient (Wildman–Crippen LogP) is 4.78. The third-order valence-electron chi connectivity index (χ3n) is 5.64. The third kappa shape index (κ3) is 3.94. The Kier molecular flexibility index (Phi) is 5.55. The number of pyridine rings is 1. The molecule has 0 saturated carbocycles. The Balaban J connectivity index is 1.54. The molecule has 0 saturated heterocycles. The molecule has 30 heavy (non-hydrogen) atoms. The van der Waals surface area contributed by atoms with Crippen LogP contribution in [0.5, 0.6) is 0 Å². The number of nitrogens with zero attached hydrogens (tertiary/aromatic N) is 2. The van der Waals surface area contributed by atoms with E-state index in [1.54, 1.807) is 19.5 Å². The quantitative estimate of drug-likeness (QED) is 0.619. The topological polar surface area (TPSA) is 54.5 Å². The lowest BCUT2D eigenvalue weighted by atomic mass is 9.85. The van der Waals surface area contributed by atoms with Gasteiger partial charge in [0.25, 0.3) is 5.91 Å². The summed E-state index contributed by atoms with van der Waals surface area (Å²) in [6.45, 7) is 6.19. The van der Waals surface area contributed by atoms with Gasteiger partial charge in [-0.25, -0.2) is 0 Å². The van der Waals surface area contributed by atoms with Gasteiger partial charge in [-0.3, -0.25) is 9.78 Å². The van der Waals surface area contributed by atoms with Crippen LogP contribution in [0.2, 0.25) is 0 Å². The first-order valence-corrected chi connectivity index (χ1v) is 10.2. The first kappa shape index (κ1) is 20.1. The molecule has 0 aliphatic carbocycles. The molecule has 1 aromatic heterocycles. The van der Waals surface area contributed by atoms with Crippen LogP contribution in [-0.4, -0.2) is 24.6 Å². The Labute approximate surface area is 177 Å². The summed E-state index contributed by atoms with van der Waals surface area (Å²) in [6, 6.07) is 18.2. The van der Waals surface area contributed by atoms with Crippen molar-refractivity contribution in [1.29, 1.82) is 0 Å². The number of hydrogen-bond donors (Lipinski definition) is 1. The number of rotatable bonds is 7. The van der Waals surface area contributed by atoms with Crippen LogP contribution >= 0.6 is 0 Å². The maximum atomic E-state index is 13.3. The lowest BCUT2D eigenvalue weighted by Gasteiger charge is -2.25. The number of methoxy groups -OCH3 is 1. The van der Waals surface area contributed by atoms with Gasteiger partial charge in [0.15, 0.2) is 0 Å². The van der Waals surface area contributed by atoms with Gasteiger partial charge in [-0.1, -0.05) is 38.1 Å². The van der Waals surface area contributed by atoms with Gasteiger partial charge in [0.05, 0.1) is 18.7 Å². The zero-order valence-corrected chi connectivity index (χ0v) is 17.7. The number of carbonyl (C=O) groups is 1. The zero-order chi connectivity index (χ0) is 21.1. The van der Waals surface area contributed by atoms with E-state index in [4.69, 9.17) is 4.74 Å². The minimum Gasteiger partial charge on any atom is -0.384 e. The van der Waals surface area contributed by atoms with E-state index in [9.17, 15) is 4.79 Å². The van der Waals surface area contributed by atoms with Crippen LogP contribution in [-0.2, 0) is 23.2 Å². The number of fused-ring (bicyclic) bond motifs is 1. The maximum absolute atomic E-state index is 13.3. The molecule has 1 aliphatic rings. The molecule has 5 nitrogen and oxygen atoms in total. The highest BCUT2D eigenvalue weighted by molar-refractivity contribution is 6.13. The minimum atomic E-state index is -0.0741. The van der Waals surface area contributed by atoms with E-state index >= 15 is 0 Å². The van der Waals surface area contributed by atoms with E-state index in [0.29, 0.717) is 19.7 Å². The molecule has 3 aromatic rings. The van der Waals surface area contributed by atoms with Crippen molar-refractivity contribution in [1.82, 2.24) is 4.98 Å². The molecule has 1 aliphatic heterocycles. The standard InChI is InChI=1S/C25H27N3O2/c1-25(2,17-30-3)20-7-9-21(10-8-20)28-16-19-5-4-6-22(23(19)24(28)29)27-15-18-11-13-26-14-12-18/h4-14,27H,15-17H2,1-3H3. The highest BCUT2D eigenvalue weighted by Crippen LogP contribution is 2.34. The van der Waals surface area contributed by atoms with E-state index in [1.165, 1.54) is 5.56 Å². The van der Waals surface area contributed by atoms with Crippen LogP contribution in [0, 0.1) is 0 Å². The fraction of sp³-hybridized carbons (Fsp3) is 0.280. The molecule has 0 radical (unpaired) electrons. The maximum Gasteiger partial charge on any atom is 0.261 e. The third-order valence-corrected chi connectivity index (χ3v) is 5.64. The second-order valence-corrected chi connectivity index (χ2v) is 8.30. The van der Waals surface area contributed by atoms with Gasteiger partial charge in [0.1, 0.15) is 0 Å². The van der Waals surface area contributed by atoms with E-state index in [0.717, 1.165) is 28.1 Å². The van der Waals surface area contributed by atoms with Crippen molar-refractivity contribution in [3.63, 3.8) is 0 Å². The fourth-order valence-corrected chi connectivity index (χ4v) is 3.95. The number of ether oxygens (including phenoxy) is 1. The smallest absolute Gasteiger partial charge is 0.261 e. The van der Waals surface area contributed by atoms with E-state index in [2.05, 4.69) is 36.3 Å². The predicted molar refractivity (Wildman–Crippen MR) is 120 cm³/mol. The molecule has 1 N–H and O–H groups in total. The molecular weight excluding hydrogens is 374 g/mol. The molecule has 4 rings (SSSR count). The van der Waals surface area contributed by atoms with Gasteiger partial charge in [-0.15, -0.1) is 0 Å². The molecule has 5 heteroatoms. The first-order valence-electron chi connectivity index (χ1n) is 10.2. The van der Waals surface area contributed by atoms with Crippen LogP contribution < -0.4 is 10.2 Å². The molecule has 0 fully saturated rings. The summed E-state index contributed by atoms with van der Waals surface area (Å²) in [5, 5.41) is 3.42. The number of benzene rings is 2. The van der Waals surface area contributed by atoms with E-state index in [-0.39, 0.29) is 11.3 Å². The molecule has 0 atom stereocenters. The Morgan fingerprint density at radius 1 is 1.07 bits per heavy atom. The van der Waals surface area contributed by atoms with Crippen LogP contribution in [0.3, 0.4) is 0 Å². The Morgan fingerprint density at radius 2 is 1.80 bits per heavy atom. The highest BCUT2D eigenvalue weighted by atomic mass is 16.5. The van der Waals surface area contributed by atoms with Crippen molar-refractivity contribution >= 4 is 17.3 Å². The van der Waals surface area contributed by atoms with E-state index < -0.39 is 0 Å². The Morgan fingerprint density at radius 3 is 2.50 bits per heavy atom. The number of carbonyl (C=O) groups excluding carboxylic acids is 1. The number of amides is 1. The van der Waals surface area contributed by atoms with Crippen molar-refractivity contribution in [2.45, 2.75) is 32.4 Å². The largest absolute Gasteiger partial charge is 0.384 e. The normalized spacial score (nSPS) is 13.4. The second-order valence-electron chi connectivity index (χ2n) is 8.30. The number of nitrogens with one attached hydrogen (secondary N) is 1. The molecular formula is C25H27N3O2. The summed E-state index contributed by atoms with van der Waals surface area (Å²) in [6.07, 6.45) is 3.55. The number of anilines is 2. The lowest BCUT2D eigenvalue weighted by molar-refractivity contribution is 0.0997. The Bertz CT molecular complexity index is 1030. The lowest BCUT2D eigenvalue weighted by Crippen LogP contribution is -2.25. The number of aromatic nitrogens is 1. The summed E-state index contributed by atoms with van der Waals surface area (Å²) in [7, 11) is 1.72. The van der Waals surface area contributed by atoms with Crippen molar-refractivity contribution in [3.05, 3.63) is 89.2 Å². The molecule has 0 spiro atoms. The van der Waals surface area contributed by atoms with Crippen LogP contribution in [0.15, 0.2) is 67.0 Å². The SMILES string of the molecule is COCC(C)(C)c1ccc(N2Cc3cccc(NCc4ccncc4)c3C2=O)cc1. The van der Waals surface area contributed by atoms with Gasteiger partial charge < -0.3 is 15.0 Å². The molecule has 1 amide bonds. The van der Waals surface area contributed by atoms with Gasteiger partial charge in [0, 0.05) is 42.8 Å². The fourth-order valence-electron chi connectivity index (χ4n) is 3.95. The first-order chi connectivity index (χ1) is 14.5. The van der Waals surface area contributed by atoms with Crippen molar-refractivity contribution < 1.29 is 9.53 Å². The summed E-state index contributed by atoms with van der Waals surface area (Å²) in [5.41, 5.74) is 5.83. The molecule has 2 aromatic carbocycles. The highest BCUT2D eigenvalue weighted by Gasteiger charge is 2.31. The average Bonchev–Trinajstić information content (AvgIpc) is 3.10. The van der Waals surface area contributed by atoms with Crippen molar-refractivity contribution in [3.8, 4) is 0 Å². The monoisotopic (exact) mass is 401 g/mol. The van der Waals surface area contributed by atoms with Crippen molar-refractivity contribution in [2.24, 2.45) is 0 Å². The zero-order valence-electron chi connectivity index (χ0n) is 17.7. The van der Waals surface area contributed by atoms with Gasteiger partial charge in [-0.05, 0) is 47.0 Å².